The van der Waals surface area contributed by atoms with E-state index in [2.05, 4.69) is 6.07 Å². The second-order valence-corrected chi connectivity index (χ2v) is 30.6. The van der Waals surface area contributed by atoms with Gasteiger partial charge in [0.15, 0.2) is 24.8 Å². The minimum Gasteiger partial charge on any atom is -0.201 e. The number of pyridine rings is 4. The van der Waals surface area contributed by atoms with Crippen molar-refractivity contribution in [2.75, 3.05) is 0 Å². The molecule has 8 aromatic carbocycles. The van der Waals surface area contributed by atoms with E-state index in [1.54, 1.807) is 62.7 Å². The molecule has 0 spiro atoms. The van der Waals surface area contributed by atoms with Gasteiger partial charge in [0.05, 0.1) is 0 Å². The summed E-state index contributed by atoms with van der Waals surface area (Å²) in [5, 5.41) is 0. The molecule has 0 N–H and O–H groups in total. The van der Waals surface area contributed by atoms with Gasteiger partial charge in [0.25, 0.3) is 0 Å². The Bertz CT molecular complexity index is 5980. The normalized spacial score (nSPS) is 15.6. The Labute approximate surface area is 665 Å². The van der Waals surface area contributed by atoms with Crippen LogP contribution < -0.4 is 18.3 Å². The third kappa shape index (κ3) is 20.1. The van der Waals surface area contributed by atoms with E-state index in [0.29, 0.717) is 61.3 Å². The number of nitrogens with zero attached hydrogens (tertiary/aromatic N) is 4. The minimum absolute atomic E-state index is 0.0382. The van der Waals surface area contributed by atoms with Crippen molar-refractivity contribution < 1.29 is 48.4 Å². The molecule has 105 heavy (non-hydrogen) atoms. The van der Waals surface area contributed by atoms with Crippen LogP contribution in [-0.4, -0.2) is 0 Å². The molecular weight excluding hydrogens is 1270 g/mol. The van der Waals surface area contributed by atoms with Crippen LogP contribution in [0.4, 0.5) is 0 Å². The second kappa shape index (κ2) is 34.1. The van der Waals surface area contributed by atoms with Crippen molar-refractivity contribution in [2.24, 2.45) is 44.9 Å². The van der Waals surface area contributed by atoms with Gasteiger partial charge >= 0.3 is 0 Å². The zero-order valence-electron chi connectivity index (χ0n) is 87.7. The van der Waals surface area contributed by atoms with Crippen molar-refractivity contribution in [3.8, 4) is 89.5 Å². The summed E-state index contributed by atoms with van der Waals surface area (Å²) in [5.41, 5.74) is 21.5. The zero-order valence-corrected chi connectivity index (χ0v) is 65.7. The molecule has 4 nitrogen and oxygen atoms in total. The summed E-state index contributed by atoms with van der Waals surface area (Å²) in [7, 11) is 7.52. The van der Waals surface area contributed by atoms with Crippen molar-refractivity contribution in [1.82, 2.24) is 0 Å². The maximum atomic E-state index is 8.85. The van der Waals surface area contributed by atoms with Crippen LogP contribution in [0.2, 0.25) is 0 Å². The minimum atomic E-state index is -2.50. The molecule has 0 amide bonds. The van der Waals surface area contributed by atoms with E-state index in [9.17, 15) is 0 Å². The van der Waals surface area contributed by atoms with Crippen LogP contribution in [0.15, 0.2) is 219 Å². The van der Waals surface area contributed by atoms with Crippen LogP contribution in [0.1, 0.15) is 194 Å². The SMILES string of the molecule is [2H]C([2H])([2H])c1cc(C)c(-c2cc(C([2H])([2H])C(C)(C)C)c(C([2H])([2H])[2H])c[n+]2C)cc1-c1ccccc1.[2H]C([2H])([2H])c1cc(C)c(-c2cc(C)c(C([2H])(C)C)c[n+]2C)cc1-c1ccccc1.[2H]C([2H])([2H])c1cc(C)c(-c2cc(C)c(C([2H])([2H])C(C)(C)C)c[n+]2C)cc1-c1ccccc1.[2H]C([2H])([2H])c1cc(C)c(-c2cc(C)c(C([2H])([2H])C(C)C)c[n+]2C)cc1-c1ccccc1. The average Bonchev–Trinajstić information content (AvgIpc) is 0.764. The lowest BCUT2D eigenvalue weighted by atomic mass is 9.86. The fourth-order valence-corrected chi connectivity index (χ4v) is 13.4. The van der Waals surface area contributed by atoms with Gasteiger partial charge in [-0.25, -0.2) is 18.3 Å². The topological polar surface area (TPSA) is 15.5 Å². The van der Waals surface area contributed by atoms with Crippen molar-refractivity contribution in [2.45, 2.75) is 177 Å². The van der Waals surface area contributed by atoms with Crippen LogP contribution in [0.3, 0.4) is 0 Å². The first-order chi connectivity index (χ1) is 58.2. The van der Waals surface area contributed by atoms with E-state index in [1.807, 2.05) is 308 Å². The van der Waals surface area contributed by atoms with E-state index in [0.717, 1.165) is 101 Å². The highest BCUT2D eigenvalue weighted by Gasteiger charge is 2.25. The molecule has 0 unspecified atom stereocenters. The first-order valence-corrected chi connectivity index (χ1v) is 36.1. The molecule has 542 valence electrons. The summed E-state index contributed by atoms with van der Waals surface area (Å²) in [6.45, 7) is 20.6. The average molecular weight is 1410 g/mol. The molecule has 0 saturated heterocycles. The smallest absolute Gasteiger partial charge is 0.201 e. The molecule has 0 saturated carbocycles. The highest BCUT2D eigenvalue weighted by molar-refractivity contribution is 5.80. The van der Waals surface area contributed by atoms with E-state index in [4.69, 9.17) is 30.2 Å². The molecule has 0 fully saturated rings. The Balaban J connectivity index is 0.000000192. The summed E-state index contributed by atoms with van der Waals surface area (Å²) in [4.78, 5) is 0. The van der Waals surface area contributed by atoms with E-state index in [1.165, 1.54) is 6.20 Å². The number of benzene rings is 8. The molecule has 4 heteroatoms. The lowest BCUT2D eigenvalue weighted by Gasteiger charge is -2.20. The Morgan fingerprint density at radius 3 is 0.905 bits per heavy atom. The van der Waals surface area contributed by atoms with Crippen molar-refractivity contribution in [1.29, 1.82) is 0 Å². The first-order valence-electron chi connectivity index (χ1n) is 47.1. The molecular formula is C101H122N4+4. The van der Waals surface area contributed by atoms with Crippen LogP contribution in [0.25, 0.3) is 89.5 Å². The molecule has 0 aliphatic rings. The lowest BCUT2D eigenvalue weighted by molar-refractivity contribution is -0.661. The predicted molar refractivity (Wildman–Crippen MR) is 450 cm³/mol. The zero-order chi connectivity index (χ0) is 95.3. The molecule has 4 heterocycles. The second-order valence-electron chi connectivity index (χ2n) is 30.6. The Morgan fingerprint density at radius 1 is 0.305 bits per heavy atom. The predicted octanol–water partition coefficient (Wildman–Crippen LogP) is 24.6. The highest BCUT2D eigenvalue weighted by Crippen LogP contribution is 2.38. The first kappa shape index (κ1) is 54.0. The highest BCUT2D eigenvalue weighted by atomic mass is 14.9. The maximum Gasteiger partial charge on any atom is 0.212 e. The van der Waals surface area contributed by atoms with Gasteiger partial charge in [-0.2, -0.15) is 0 Å². The fraction of sp³-hybridized carbons (Fsp3) is 0.327. The van der Waals surface area contributed by atoms with Crippen molar-refractivity contribution >= 4 is 0 Å². The van der Waals surface area contributed by atoms with Gasteiger partial charge in [0, 0.05) is 98.9 Å². The number of hydrogen-bond donors (Lipinski definition) is 0. The summed E-state index contributed by atoms with van der Waals surface area (Å²) < 4.78 is 189. The van der Waals surface area contributed by atoms with E-state index >= 15 is 0 Å². The number of aryl methyl sites for hydroxylation is 16. The van der Waals surface area contributed by atoms with Gasteiger partial charge in [-0.1, -0.05) is 215 Å². The molecule has 0 aliphatic heterocycles. The summed E-state index contributed by atoms with van der Waals surface area (Å²) in [5.74, 6) is -0.836. The van der Waals surface area contributed by atoms with Crippen molar-refractivity contribution in [3.63, 3.8) is 0 Å². The molecule has 12 aromatic rings. The Kier molecular flexibility index (Phi) is 17.5. The molecule has 12 rings (SSSR count). The standard InChI is InChI=1S/2C26H32N.C25H30N.C24H28N/c1-18-14-25(27(7)17-22(18)16-26(4,5)6)24-15-23(19(2)13-20(24)3)21-11-9-8-10-12-21;1-18-13-19(2)24(15-23(18)21-11-9-8-10-12-21)25-14-22(16-26(4,5)6)20(3)17-27(25)7;1-17(2)12-22-16-26(6)25(14-18(22)3)24-15-23(19(4)13-20(24)5)21-10-8-7-9-11-21;1-16(2)23-15-25(6)24(13-19(23)5)22-14-21(17(3)12-18(22)4)20-10-8-7-9-11-20/h2*8-15,17H,16H2,1-7H3;7-11,13-17H,12H2,1-6H3;7-16H,1-6H3/q4*+1/i2D3,16D2;1D3,3D3,16D2;4D3,12D2;3D3,16D. The van der Waals surface area contributed by atoms with Crippen LogP contribution in [0, 0.1) is 99.5 Å². The molecule has 0 bridgehead atoms. The lowest BCUT2D eigenvalue weighted by Crippen LogP contribution is -2.32. The number of aromatic nitrogens is 4. The quantitative estimate of drug-likeness (QED) is 0.102. The van der Waals surface area contributed by atoms with Gasteiger partial charge in [-0.05, 0) is 260 Å². The third-order valence-corrected chi connectivity index (χ3v) is 18.6. The van der Waals surface area contributed by atoms with Crippen LogP contribution >= 0.6 is 0 Å². The number of hydrogen-bond acceptors (Lipinski definition) is 0. The Hall–Kier alpha value is -9.64. The molecule has 0 atom stereocenters. The largest absolute Gasteiger partial charge is 0.212 e. The summed E-state index contributed by atoms with van der Waals surface area (Å²) in [6, 6.07) is 60.5. The van der Waals surface area contributed by atoms with Crippen LogP contribution in [0.5, 0.6) is 0 Å². The van der Waals surface area contributed by atoms with Gasteiger partial charge in [-0.3, -0.25) is 0 Å². The van der Waals surface area contributed by atoms with Gasteiger partial charge < -0.3 is 0 Å². The van der Waals surface area contributed by atoms with Gasteiger partial charge in [-0.15, -0.1) is 0 Å². The van der Waals surface area contributed by atoms with Crippen LogP contribution in [-0.2, 0) is 47.3 Å². The van der Waals surface area contributed by atoms with E-state index in [-0.39, 0.29) is 22.6 Å². The summed E-state index contributed by atoms with van der Waals surface area (Å²) in [6.07, 6.45) is 2.35. The fourth-order valence-electron chi connectivity index (χ4n) is 13.4. The molecule has 4 aromatic heterocycles. The molecule has 0 aliphatic carbocycles. The summed E-state index contributed by atoms with van der Waals surface area (Å²) >= 11 is 0. The molecule has 0 radical (unpaired) electrons. The van der Waals surface area contributed by atoms with Gasteiger partial charge in [0.1, 0.15) is 28.2 Å². The van der Waals surface area contributed by atoms with E-state index < -0.39 is 70.1 Å². The maximum absolute atomic E-state index is 8.85. The Morgan fingerprint density at radius 2 is 0.590 bits per heavy atom. The monoisotopic (exact) mass is 1410 g/mol. The number of rotatable bonds is 13. The van der Waals surface area contributed by atoms with Crippen molar-refractivity contribution in [3.05, 3.63) is 308 Å². The third-order valence-electron chi connectivity index (χ3n) is 18.6. The van der Waals surface area contributed by atoms with Gasteiger partial charge in [0.2, 0.25) is 22.8 Å².